The molecule has 300 valence electrons. The Labute approximate surface area is 338 Å². The van der Waals surface area contributed by atoms with Crippen LogP contribution in [-0.2, 0) is 29.1 Å². The summed E-state index contributed by atoms with van der Waals surface area (Å²) in [6, 6.07) is 12.7. The Bertz CT molecular complexity index is 2560. The Morgan fingerprint density at radius 1 is 0.864 bits per heavy atom. The highest BCUT2D eigenvalue weighted by atomic mass is 16.2. The summed E-state index contributed by atoms with van der Waals surface area (Å²) < 4.78 is 3.80. The van der Waals surface area contributed by atoms with E-state index in [0.29, 0.717) is 39.8 Å². The third kappa shape index (κ3) is 7.94. The van der Waals surface area contributed by atoms with Gasteiger partial charge in [-0.1, -0.05) is 17.7 Å². The molecule has 7 heterocycles. The predicted molar refractivity (Wildman–Crippen MR) is 216 cm³/mol. The number of anilines is 4. The standard InChI is InChI=1S/C41H42N14O4/c42-35-22-43-21-32(46-35)33-25-53-15-13-44-38(53)37(47-33)45-27-6-8-29(9-7-27)52-18-16-51(17-19-52)23-28-24-54(50-49-28)14-3-1-2-4-26-5-10-30-31(20-26)41(59)55(40(30)58)34-11-12-36(56)48-39(34)57/h5-10,13,15,20-22,24-25,34H,1-4,11-12,14,16-19,23H2,(H2,42,46)(H,45,47)(H,48,56,57). The summed E-state index contributed by atoms with van der Waals surface area (Å²) in [5.41, 5.74) is 12.3. The van der Waals surface area contributed by atoms with Crippen molar-refractivity contribution in [3.8, 4) is 11.4 Å². The zero-order chi connectivity index (χ0) is 40.5. The molecule has 2 aromatic carbocycles. The molecule has 9 rings (SSSR count). The molecular weight excluding hydrogens is 753 g/mol. The van der Waals surface area contributed by atoms with E-state index in [4.69, 9.17) is 10.7 Å². The third-order valence-corrected chi connectivity index (χ3v) is 11.0. The number of nitrogens with zero attached hydrogens (tertiary/aromatic N) is 11. The number of fused-ring (bicyclic) bond motifs is 2. The smallest absolute Gasteiger partial charge is 0.262 e. The van der Waals surface area contributed by atoms with Gasteiger partial charge in [-0.2, -0.15) is 0 Å². The van der Waals surface area contributed by atoms with Crippen molar-refractivity contribution in [3.63, 3.8) is 0 Å². The van der Waals surface area contributed by atoms with Crippen LogP contribution in [0, 0.1) is 0 Å². The monoisotopic (exact) mass is 794 g/mol. The van der Waals surface area contributed by atoms with E-state index in [1.807, 2.05) is 45.9 Å². The number of nitrogens with one attached hydrogen (secondary N) is 2. The van der Waals surface area contributed by atoms with Crippen molar-refractivity contribution in [1.29, 1.82) is 0 Å². The summed E-state index contributed by atoms with van der Waals surface area (Å²) >= 11 is 0. The van der Waals surface area contributed by atoms with E-state index in [2.05, 4.69) is 57.8 Å². The van der Waals surface area contributed by atoms with E-state index in [1.54, 1.807) is 24.5 Å². The number of aromatic nitrogens is 8. The van der Waals surface area contributed by atoms with Crippen LogP contribution in [0.3, 0.4) is 0 Å². The van der Waals surface area contributed by atoms with Gasteiger partial charge in [-0.15, -0.1) is 5.10 Å². The molecule has 59 heavy (non-hydrogen) atoms. The van der Waals surface area contributed by atoms with Crippen LogP contribution in [0.4, 0.5) is 23.0 Å². The molecule has 18 heteroatoms. The number of nitrogens with two attached hydrogens (primary N) is 1. The van der Waals surface area contributed by atoms with Crippen molar-refractivity contribution < 1.29 is 19.2 Å². The van der Waals surface area contributed by atoms with Crippen molar-refractivity contribution in [1.82, 2.24) is 54.4 Å². The minimum absolute atomic E-state index is 0.0944. The number of piperazine rings is 1. The molecule has 6 aromatic rings. The normalized spacial score (nSPS) is 17.2. The third-order valence-electron chi connectivity index (χ3n) is 11.0. The number of carbonyl (C=O) groups is 4. The van der Waals surface area contributed by atoms with Gasteiger partial charge in [0.05, 0.1) is 29.2 Å². The number of benzene rings is 2. The summed E-state index contributed by atoms with van der Waals surface area (Å²) in [7, 11) is 0. The minimum atomic E-state index is -0.964. The molecule has 0 bridgehead atoms. The summed E-state index contributed by atoms with van der Waals surface area (Å²) in [4.78, 5) is 73.6. The van der Waals surface area contributed by atoms with E-state index in [-0.39, 0.29) is 12.8 Å². The maximum Gasteiger partial charge on any atom is 0.262 e. The van der Waals surface area contributed by atoms with Crippen LogP contribution in [0.1, 0.15) is 64.1 Å². The first-order valence-electron chi connectivity index (χ1n) is 19.8. The largest absolute Gasteiger partial charge is 0.382 e. The Hall–Kier alpha value is -7.08. The average molecular weight is 795 g/mol. The van der Waals surface area contributed by atoms with Gasteiger partial charge in [0.1, 0.15) is 23.2 Å². The number of nitrogen functional groups attached to an aromatic ring is 1. The van der Waals surface area contributed by atoms with Gasteiger partial charge in [-0.05, 0) is 67.6 Å². The summed E-state index contributed by atoms with van der Waals surface area (Å²) in [5.74, 6) is -1.04. The quantitative estimate of drug-likeness (QED) is 0.113. The number of aryl methyl sites for hydroxylation is 2. The van der Waals surface area contributed by atoms with Gasteiger partial charge in [-0.25, -0.2) is 15.0 Å². The van der Waals surface area contributed by atoms with Crippen LogP contribution in [0.5, 0.6) is 0 Å². The first kappa shape index (κ1) is 37.5. The Morgan fingerprint density at radius 2 is 1.69 bits per heavy atom. The second-order valence-electron chi connectivity index (χ2n) is 15.0. The van der Waals surface area contributed by atoms with Crippen molar-refractivity contribution in [2.24, 2.45) is 0 Å². The Balaban J connectivity index is 0.712. The first-order valence-corrected chi connectivity index (χ1v) is 19.8. The number of unbranched alkanes of at least 4 members (excludes halogenated alkanes) is 2. The number of imide groups is 2. The maximum absolute atomic E-state index is 13.2. The van der Waals surface area contributed by atoms with E-state index < -0.39 is 29.7 Å². The van der Waals surface area contributed by atoms with Crippen LogP contribution in [0.25, 0.3) is 17.0 Å². The number of piperidine rings is 1. The lowest BCUT2D eigenvalue weighted by Crippen LogP contribution is -2.54. The van der Waals surface area contributed by atoms with Gasteiger partial charge in [0.25, 0.3) is 11.8 Å². The zero-order valence-corrected chi connectivity index (χ0v) is 32.2. The van der Waals surface area contributed by atoms with Gasteiger partial charge in [-0.3, -0.25) is 44.0 Å². The molecule has 0 radical (unpaired) electrons. The molecule has 1 atom stereocenters. The molecule has 0 saturated carbocycles. The van der Waals surface area contributed by atoms with Gasteiger partial charge in [0.2, 0.25) is 11.8 Å². The molecule has 2 saturated heterocycles. The van der Waals surface area contributed by atoms with Crippen molar-refractivity contribution >= 4 is 52.3 Å². The lowest BCUT2D eigenvalue weighted by atomic mass is 10.0. The molecule has 4 amide bonds. The maximum atomic E-state index is 13.2. The van der Waals surface area contributed by atoms with Gasteiger partial charge in [0, 0.05) is 81.9 Å². The molecule has 3 aliphatic rings. The molecule has 18 nitrogen and oxygen atoms in total. The second kappa shape index (κ2) is 16.0. The Kier molecular flexibility index (Phi) is 10.2. The number of rotatable bonds is 13. The van der Waals surface area contributed by atoms with E-state index in [0.717, 1.165) is 92.5 Å². The SMILES string of the molecule is Nc1cncc(-c2cn3ccnc3c(Nc3ccc(N4CCN(Cc5cn(CCCCCc6ccc7c(c6)C(=O)N(C6CCC(=O)NC6=O)C7=O)nn5)CC4)cc3)n2)n1. The molecule has 0 spiro atoms. The van der Waals surface area contributed by atoms with Crippen LogP contribution < -0.4 is 21.3 Å². The van der Waals surface area contributed by atoms with Crippen LogP contribution in [0.2, 0.25) is 0 Å². The summed E-state index contributed by atoms with van der Waals surface area (Å²) in [6.07, 6.45) is 14.4. The first-order chi connectivity index (χ1) is 28.8. The molecule has 3 aliphatic heterocycles. The van der Waals surface area contributed by atoms with E-state index in [1.165, 1.54) is 6.20 Å². The fourth-order valence-electron chi connectivity index (χ4n) is 7.90. The van der Waals surface area contributed by atoms with Crippen LogP contribution in [0.15, 0.2) is 79.6 Å². The predicted octanol–water partition coefficient (Wildman–Crippen LogP) is 3.24. The van der Waals surface area contributed by atoms with Crippen LogP contribution >= 0.6 is 0 Å². The molecule has 4 aromatic heterocycles. The minimum Gasteiger partial charge on any atom is -0.382 e. The van der Waals surface area contributed by atoms with E-state index in [9.17, 15) is 19.2 Å². The molecule has 0 aliphatic carbocycles. The molecule has 4 N–H and O–H groups in total. The van der Waals surface area contributed by atoms with Crippen molar-refractivity contribution in [2.45, 2.75) is 57.7 Å². The molecule has 1 unspecified atom stereocenters. The number of hydrogen-bond acceptors (Lipinski definition) is 14. The van der Waals surface area contributed by atoms with Gasteiger partial charge in [0.15, 0.2) is 11.5 Å². The highest BCUT2D eigenvalue weighted by molar-refractivity contribution is 6.23. The fourth-order valence-corrected chi connectivity index (χ4v) is 7.90. The highest BCUT2D eigenvalue weighted by Crippen LogP contribution is 2.29. The fraction of sp³-hybridized carbons (Fsp3) is 0.317. The highest BCUT2D eigenvalue weighted by Gasteiger charge is 2.44. The summed E-state index contributed by atoms with van der Waals surface area (Å²) in [5, 5.41) is 14.5. The second-order valence-corrected chi connectivity index (χ2v) is 15.0. The summed E-state index contributed by atoms with van der Waals surface area (Å²) in [6.45, 7) is 5.11. The molecule has 2 fully saturated rings. The van der Waals surface area contributed by atoms with Crippen LogP contribution in [-0.4, -0.2) is 105 Å². The molecular formula is C41H42N14O4. The van der Waals surface area contributed by atoms with Gasteiger partial charge < -0.3 is 20.4 Å². The Morgan fingerprint density at radius 3 is 2.51 bits per heavy atom. The van der Waals surface area contributed by atoms with Crippen molar-refractivity contribution in [2.75, 3.05) is 42.1 Å². The topological polar surface area (TPSA) is 215 Å². The lowest BCUT2D eigenvalue weighted by molar-refractivity contribution is -0.136. The number of hydrogen-bond donors (Lipinski definition) is 3. The van der Waals surface area contributed by atoms with Gasteiger partial charge >= 0.3 is 0 Å². The van der Waals surface area contributed by atoms with Crippen molar-refractivity contribution in [3.05, 3.63) is 102 Å². The zero-order valence-electron chi connectivity index (χ0n) is 32.2. The van der Waals surface area contributed by atoms with E-state index >= 15 is 0 Å². The number of amides is 4. The average Bonchev–Trinajstić information content (AvgIpc) is 3.97. The number of imidazole rings is 1. The lowest BCUT2D eigenvalue weighted by Gasteiger charge is -2.35. The number of carbonyl (C=O) groups excluding carboxylic acids is 4.